The van der Waals surface area contributed by atoms with Crippen molar-refractivity contribution in [2.45, 2.75) is 46.2 Å². The van der Waals surface area contributed by atoms with Crippen LogP contribution in [0.25, 0.3) is 0 Å². The van der Waals surface area contributed by atoms with Crippen LogP contribution in [0.1, 0.15) is 48.0 Å². The molecule has 0 bridgehead atoms. The summed E-state index contributed by atoms with van der Waals surface area (Å²) < 4.78 is 11.0. The van der Waals surface area contributed by atoms with Gasteiger partial charge in [0.15, 0.2) is 0 Å². The van der Waals surface area contributed by atoms with E-state index in [9.17, 15) is 4.79 Å². The smallest absolute Gasteiger partial charge is 0.254 e. The number of benzene rings is 1. The van der Waals surface area contributed by atoms with Crippen LogP contribution >= 0.6 is 0 Å². The summed E-state index contributed by atoms with van der Waals surface area (Å²) in [6.07, 6.45) is 0.716. The van der Waals surface area contributed by atoms with E-state index in [1.165, 1.54) is 0 Å². The number of aromatic nitrogens is 2. The lowest BCUT2D eigenvalue weighted by atomic mass is 10.0. The molecule has 0 unspecified atom stereocenters. The van der Waals surface area contributed by atoms with Crippen molar-refractivity contribution in [3.63, 3.8) is 0 Å². The average molecular weight is 357 g/mol. The fourth-order valence-electron chi connectivity index (χ4n) is 3.52. The number of fused-ring (bicyclic) bond motifs is 1. The van der Waals surface area contributed by atoms with Gasteiger partial charge in [0.2, 0.25) is 0 Å². The van der Waals surface area contributed by atoms with E-state index in [2.05, 4.69) is 9.88 Å². The highest BCUT2D eigenvalue weighted by Crippen LogP contribution is 2.32. The molecule has 0 spiro atoms. The molecule has 0 atom stereocenters. The highest BCUT2D eigenvalue weighted by molar-refractivity contribution is 5.49. The van der Waals surface area contributed by atoms with Gasteiger partial charge in [0.1, 0.15) is 17.3 Å². The zero-order chi connectivity index (χ0) is 18.8. The van der Waals surface area contributed by atoms with E-state index in [0.717, 1.165) is 52.8 Å². The van der Waals surface area contributed by atoms with E-state index in [1.807, 2.05) is 32.9 Å². The zero-order valence-electron chi connectivity index (χ0n) is 16.2. The molecule has 3 rings (SSSR count). The van der Waals surface area contributed by atoms with Crippen LogP contribution in [-0.4, -0.2) is 35.6 Å². The van der Waals surface area contributed by atoms with Crippen LogP contribution in [0.15, 0.2) is 16.9 Å². The van der Waals surface area contributed by atoms with Crippen molar-refractivity contribution in [2.24, 2.45) is 0 Å². The van der Waals surface area contributed by atoms with Gasteiger partial charge in [-0.05, 0) is 19.4 Å². The molecule has 0 fully saturated rings. The van der Waals surface area contributed by atoms with Crippen molar-refractivity contribution < 1.29 is 9.47 Å². The Morgan fingerprint density at radius 2 is 2.04 bits per heavy atom. The lowest BCUT2D eigenvalue weighted by molar-refractivity contribution is 0.236. The van der Waals surface area contributed by atoms with Crippen molar-refractivity contribution in [2.75, 3.05) is 20.8 Å². The molecule has 1 aliphatic rings. The van der Waals surface area contributed by atoms with Crippen LogP contribution in [0.2, 0.25) is 0 Å². The van der Waals surface area contributed by atoms with Crippen molar-refractivity contribution in [3.05, 3.63) is 50.7 Å². The Labute approximate surface area is 154 Å². The largest absolute Gasteiger partial charge is 0.496 e. The molecule has 1 N–H and O–H groups in total. The van der Waals surface area contributed by atoms with Gasteiger partial charge >= 0.3 is 0 Å². The topological polar surface area (TPSA) is 67.5 Å². The highest BCUT2D eigenvalue weighted by atomic mass is 16.5. The number of rotatable bonds is 5. The van der Waals surface area contributed by atoms with Crippen molar-refractivity contribution in [1.29, 1.82) is 0 Å². The summed E-state index contributed by atoms with van der Waals surface area (Å²) in [5.41, 5.74) is 3.84. The van der Waals surface area contributed by atoms with E-state index >= 15 is 0 Å². The minimum Gasteiger partial charge on any atom is -0.496 e. The van der Waals surface area contributed by atoms with E-state index in [4.69, 9.17) is 14.5 Å². The van der Waals surface area contributed by atoms with Crippen molar-refractivity contribution in [1.82, 2.24) is 14.9 Å². The maximum atomic E-state index is 12.3. The minimum atomic E-state index is 0.0104. The summed E-state index contributed by atoms with van der Waals surface area (Å²) in [5.74, 6) is 2.64. The van der Waals surface area contributed by atoms with Gasteiger partial charge in [-0.25, -0.2) is 4.98 Å². The molecular weight excluding hydrogens is 330 g/mol. The third-order valence-electron chi connectivity index (χ3n) is 4.97. The lowest BCUT2D eigenvalue weighted by Crippen LogP contribution is -2.35. The second kappa shape index (κ2) is 7.50. The van der Waals surface area contributed by atoms with E-state index in [1.54, 1.807) is 14.2 Å². The normalized spacial score (nSPS) is 14.4. The number of methoxy groups -OCH3 is 2. The molecule has 0 saturated carbocycles. The first-order valence-corrected chi connectivity index (χ1v) is 8.99. The number of aromatic amines is 1. The fraction of sp³-hybridized carbons (Fsp3) is 0.500. The molecule has 2 heterocycles. The van der Waals surface area contributed by atoms with Gasteiger partial charge in [-0.15, -0.1) is 0 Å². The Hall–Kier alpha value is -2.34. The predicted molar refractivity (Wildman–Crippen MR) is 101 cm³/mol. The second-order valence-corrected chi connectivity index (χ2v) is 7.08. The number of nitrogens with zero attached hydrogens (tertiary/aromatic N) is 2. The SMILES string of the molecule is COc1ccc(CN2CCc3c(nc(C(C)C)[nH]c3=O)C2)c(OC)c1C. The van der Waals surface area contributed by atoms with Crippen LogP contribution < -0.4 is 15.0 Å². The Kier molecular flexibility index (Phi) is 5.32. The van der Waals surface area contributed by atoms with Gasteiger partial charge in [-0.2, -0.15) is 0 Å². The van der Waals surface area contributed by atoms with Gasteiger partial charge in [-0.3, -0.25) is 9.69 Å². The van der Waals surface area contributed by atoms with Gasteiger partial charge in [0.25, 0.3) is 5.56 Å². The maximum absolute atomic E-state index is 12.3. The van der Waals surface area contributed by atoms with Crippen LogP contribution in [0.4, 0.5) is 0 Å². The Balaban J connectivity index is 1.86. The first-order valence-electron chi connectivity index (χ1n) is 8.99. The van der Waals surface area contributed by atoms with Gasteiger partial charge in [0, 0.05) is 42.2 Å². The fourth-order valence-corrected chi connectivity index (χ4v) is 3.52. The second-order valence-electron chi connectivity index (χ2n) is 7.08. The van der Waals surface area contributed by atoms with Crippen LogP contribution in [0, 0.1) is 6.92 Å². The Bertz CT molecular complexity index is 858. The summed E-state index contributed by atoms with van der Waals surface area (Å²) >= 11 is 0. The first kappa shape index (κ1) is 18.5. The molecule has 0 saturated heterocycles. The first-order chi connectivity index (χ1) is 12.4. The van der Waals surface area contributed by atoms with Crippen molar-refractivity contribution in [3.8, 4) is 11.5 Å². The van der Waals surface area contributed by atoms with E-state index in [0.29, 0.717) is 13.0 Å². The number of hydrogen-bond donors (Lipinski definition) is 1. The Morgan fingerprint density at radius 3 is 2.69 bits per heavy atom. The maximum Gasteiger partial charge on any atom is 0.254 e. The average Bonchev–Trinajstić information content (AvgIpc) is 2.61. The number of nitrogens with one attached hydrogen (secondary N) is 1. The van der Waals surface area contributed by atoms with Gasteiger partial charge in [-0.1, -0.05) is 19.9 Å². The van der Waals surface area contributed by atoms with E-state index in [-0.39, 0.29) is 11.5 Å². The predicted octanol–water partition coefficient (Wildman–Crippen LogP) is 2.78. The molecule has 2 aromatic rings. The third-order valence-corrected chi connectivity index (χ3v) is 4.97. The Morgan fingerprint density at radius 1 is 1.27 bits per heavy atom. The number of ether oxygens (including phenoxy) is 2. The minimum absolute atomic E-state index is 0.0104. The third kappa shape index (κ3) is 3.46. The molecule has 1 aliphatic heterocycles. The highest BCUT2D eigenvalue weighted by Gasteiger charge is 2.23. The quantitative estimate of drug-likeness (QED) is 0.891. The molecule has 1 aromatic heterocycles. The summed E-state index contributed by atoms with van der Waals surface area (Å²) in [6.45, 7) is 8.33. The number of hydrogen-bond acceptors (Lipinski definition) is 5. The lowest BCUT2D eigenvalue weighted by Gasteiger charge is -2.29. The van der Waals surface area contributed by atoms with Crippen LogP contribution in [0.3, 0.4) is 0 Å². The van der Waals surface area contributed by atoms with Crippen LogP contribution in [-0.2, 0) is 19.5 Å². The summed E-state index contributed by atoms with van der Waals surface area (Å²) in [5, 5.41) is 0. The molecular formula is C20H27N3O3. The van der Waals surface area contributed by atoms with Crippen LogP contribution in [0.5, 0.6) is 11.5 Å². The van der Waals surface area contributed by atoms with Gasteiger partial charge in [0.05, 0.1) is 19.9 Å². The number of H-pyrrole nitrogens is 1. The van der Waals surface area contributed by atoms with Gasteiger partial charge < -0.3 is 14.5 Å². The zero-order valence-corrected chi connectivity index (χ0v) is 16.2. The molecule has 0 radical (unpaired) electrons. The molecule has 1 aromatic carbocycles. The molecule has 26 heavy (non-hydrogen) atoms. The molecule has 140 valence electrons. The molecule has 0 amide bonds. The monoisotopic (exact) mass is 357 g/mol. The molecule has 6 heteroatoms. The van der Waals surface area contributed by atoms with E-state index < -0.39 is 0 Å². The molecule has 6 nitrogen and oxygen atoms in total. The standard InChI is InChI=1S/C20H27N3O3/c1-12(2)19-21-16-11-23(9-8-15(16)20(24)22-19)10-14-6-7-17(25-4)13(3)18(14)26-5/h6-7,12H,8-11H2,1-5H3,(H,21,22,24). The summed E-state index contributed by atoms with van der Waals surface area (Å²) in [4.78, 5) is 22.3. The van der Waals surface area contributed by atoms with Crippen molar-refractivity contribution >= 4 is 0 Å². The summed E-state index contributed by atoms with van der Waals surface area (Å²) in [7, 11) is 3.35. The molecule has 0 aliphatic carbocycles. The summed E-state index contributed by atoms with van der Waals surface area (Å²) in [6, 6.07) is 4.02.